The lowest BCUT2D eigenvalue weighted by molar-refractivity contribution is 0.405. The lowest BCUT2D eigenvalue weighted by Crippen LogP contribution is -2.18. The zero-order valence-corrected chi connectivity index (χ0v) is 12.8. The van der Waals surface area contributed by atoms with Gasteiger partial charge in [0.1, 0.15) is 0 Å². The van der Waals surface area contributed by atoms with E-state index >= 15 is 0 Å². The van der Waals surface area contributed by atoms with Crippen molar-refractivity contribution in [1.29, 1.82) is 0 Å². The van der Waals surface area contributed by atoms with Gasteiger partial charge in [-0.3, -0.25) is 0 Å². The maximum absolute atomic E-state index is 8.70. The van der Waals surface area contributed by atoms with Crippen LogP contribution in [0.1, 0.15) is 33.6 Å². The molecule has 0 aromatic rings. The Balaban J connectivity index is 0. The first-order chi connectivity index (χ1) is 7.16. The van der Waals surface area contributed by atoms with Crippen molar-refractivity contribution in [2.45, 2.75) is 49.7 Å². The fourth-order valence-electron chi connectivity index (χ4n) is 1.31. The fourth-order valence-corrected chi connectivity index (χ4v) is 1.97. The summed E-state index contributed by atoms with van der Waals surface area (Å²) in [6, 6.07) is 0. The highest BCUT2D eigenvalue weighted by Crippen LogP contribution is 2.25. The van der Waals surface area contributed by atoms with E-state index in [1.807, 2.05) is 20.8 Å². The minimum Gasteiger partial charge on any atom is -0.134 e. The van der Waals surface area contributed by atoms with Gasteiger partial charge in [0, 0.05) is 20.7 Å². The maximum atomic E-state index is 8.70. The second kappa shape index (κ2) is 11.0. The van der Waals surface area contributed by atoms with E-state index in [2.05, 4.69) is 0 Å². The van der Waals surface area contributed by atoms with E-state index in [0.29, 0.717) is 5.92 Å². The Hall–Kier alpha value is 0.890. The standard InChI is InChI=1S/C9H17Cl3.HO3P/c1-6(10)4-9(8(3)12)5-7(2)11;1-4(2)3/h6-9H,4-5H2,1-3H3;(H-,1,2,3)/p+1. The van der Waals surface area contributed by atoms with E-state index in [4.69, 9.17) is 49.2 Å². The van der Waals surface area contributed by atoms with Gasteiger partial charge in [-0.2, -0.15) is 0 Å². The van der Waals surface area contributed by atoms with Crippen molar-refractivity contribution in [3.63, 3.8) is 0 Å². The Morgan fingerprint density at radius 3 is 1.38 bits per heavy atom. The van der Waals surface area contributed by atoms with Gasteiger partial charge in [-0.15, -0.1) is 44.6 Å². The summed E-state index contributed by atoms with van der Waals surface area (Å²) in [7, 11) is -2.87. The van der Waals surface area contributed by atoms with Gasteiger partial charge in [-0.25, -0.2) is 0 Å². The van der Waals surface area contributed by atoms with Crippen LogP contribution in [0.4, 0.5) is 0 Å². The first-order valence-electron chi connectivity index (χ1n) is 4.94. The normalized spacial score (nSPS) is 17.8. The van der Waals surface area contributed by atoms with Crippen LogP contribution in [-0.2, 0) is 4.57 Å². The van der Waals surface area contributed by atoms with Gasteiger partial charge in [0.05, 0.1) is 0 Å². The highest BCUT2D eigenvalue weighted by atomic mass is 35.5. The molecule has 0 saturated carbocycles. The van der Waals surface area contributed by atoms with Crippen LogP contribution >= 0.6 is 43.1 Å². The van der Waals surface area contributed by atoms with Gasteiger partial charge in [0.15, 0.2) is 0 Å². The number of hydrogen-bond donors (Lipinski definition) is 2. The molecule has 98 valence electrons. The number of alkyl halides is 3. The van der Waals surface area contributed by atoms with Crippen molar-refractivity contribution >= 4 is 43.1 Å². The number of halogens is 3. The summed E-state index contributed by atoms with van der Waals surface area (Å²) < 4.78 is 8.70. The molecule has 2 N–H and O–H groups in total. The van der Waals surface area contributed by atoms with Crippen molar-refractivity contribution in [3.05, 3.63) is 0 Å². The van der Waals surface area contributed by atoms with E-state index in [-0.39, 0.29) is 16.1 Å². The minimum atomic E-state index is -2.87. The largest absolute Gasteiger partial charge is 0.692 e. The molecule has 0 spiro atoms. The zero-order valence-electron chi connectivity index (χ0n) is 9.61. The molecular weight excluding hydrogens is 293 g/mol. The number of hydrogen-bond acceptors (Lipinski definition) is 1. The van der Waals surface area contributed by atoms with Crippen LogP contribution in [-0.4, -0.2) is 25.9 Å². The average Bonchev–Trinajstić information content (AvgIpc) is 1.99. The summed E-state index contributed by atoms with van der Waals surface area (Å²) in [4.78, 5) is 14.2. The van der Waals surface area contributed by atoms with Gasteiger partial charge >= 0.3 is 8.25 Å². The fraction of sp³-hybridized carbons (Fsp3) is 1.00. The highest BCUT2D eigenvalue weighted by Gasteiger charge is 2.19. The molecule has 0 aliphatic carbocycles. The van der Waals surface area contributed by atoms with Crippen molar-refractivity contribution in [2.24, 2.45) is 5.92 Å². The molecule has 0 radical (unpaired) electrons. The summed E-state index contributed by atoms with van der Waals surface area (Å²) in [5.74, 6) is 0.437. The Bertz CT molecular complexity index is 175. The first-order valence-corrected chi connectivity index (χ1v) is 7.41. The predicted molar refractivity (Wildman–Crippen MR) is 70.7 cm³/mol. The zero-order chi connectivity index (χ0) is 13.3. The lowest BCUT2D eigenvalue weighted by Gasteiger charge is -2.21. The molecule has 0 aliphatic heterocycles. The Labute approximate surface area is 113 Å². The summed E-state index contributed by atoms with van der Waals surface area (Å²) in [5.41, 5.74) is 0. The number of rotatable bonds is 5. The first kappa shape index (κ1) is 19.2. The molecule has 3 nitrogen and oxygen atoms in total. The lowest BCUT2D eigenvalue weighted by atomic mass is 9.95. The smallest absolute Gasteiger partial charge is 0.134 e. The summed E-state index contributed by atoms with van der Waals surface area (Å²) in [6.45, 7) is 5.99. The van der Waals surface area contributed by atoms with Crippen LogP contribution in [0.15, 0.2) is 0 Å². The average molecular weight is 313 g/mol. The molecule has 0 rings (SSSR count). The molecule has 0 fully saturated rings. The summed E-state index contributed by atoms with van der Waals surface area (Å²) >= 11 is 17.8. The Morgan fingerprint density at radius 1 is 1.00 bits per heavy atom. The van der Waals surface area contributed by atoms with Crippen LogP contribution in [0.25, 0.3) is 0 Å². The molecule has 3 unspecified atom stereocenters. The quantitative estimate of drug-likeness (QED) is 0.598. The topological polar surface area (TPSA) is 57.5 Å². The third kappa shape index (κ3) is 17.3. The summed E-state index contributed by atoms with van der Waals surface area (Å²) in [5, 5.41) is 0.533. The van der Waals surface area contributed by atoms with E-state index < -0.39 is 8.25 Å². The second-order valence-corrected chi connectivity index (χ2v) is 6.41. The van der Waals surface area contributed by atoms with Crippen LogP contribution in [0, 0.1) is 5.92 Å². The molecule has 0 bridgehead atoms. The molecule has 0 saturated heterocycles. The third-order valence-electron chi connectivity index (χ3n) is 1.90. The van der Waals surface area contributed by atoms with E-state index in [0.717, 1.165) is 12.8 Å². The molecule has 3 atom stereocenters. The van der Waals surface area contributed by atoms with Crippen molar-refractivity contribution < 1.29 is 14.4 Å². The molecule has 0 aromatic carbocycles. The van der Waals surface area contributed by atoms with Crippen molar-refractivity contribution in [2.75, 3.05) is 0 Å². The maximum Gasteiger partial charge on any atom is 0.692 e. The molecule has 16 heavy (non-hydrogen) atoms. The van der Waals surface area contributed by atoms with E-state index in [1.165, 1.54) is 0 Å². The molecule has 0 heterocycles. The van der Waals surface area contributed by atoms with Gasteiger partial charge in [0.2, 0.25) is 0 Å². The molecular formula is C9H19Cl3O3P+. The predicted octanol–water partition coefficient (Wildman–Crippen LogP) is 3.89. The summed E-state index contributed by atoms with van der Waals surface area (Å²) in [6.07, 6.45) is 1.90. The molecule has 0 aromatic heterocycles. The monoisotopic (exact) mass is 311 g/mol. The van der Waals surface area contributed by atoms with Gasteiger partial charge in [-0.1, -0.05) is 0 Å². The van der Waals surface area contributed by atoms with E-state index in [1.54, 1.807) is 0 Å². The minimum absolute atomic E-state index is 0.160. The van der Waals surface area contributed by atoms with Crippen LogP contribution in [0.3, 0.4) is 0 Å². The second-order valence-electron chi connectivity index (χ2n) is 3.72. The molecule has 7 heteroatoms. The molecule has 0 aliphatic rings. The highest BCUT2D eigenvalue weighted by molar-refractivity contribution is 7.30. The molecule has 0 amide bonds. The Morgan fingerprint density at radius 2 is 1.25 bits per heavy atom. The van der Waals surface area contributed by atoms with Gasteiger partial charge in [0.25, 0.3) is 0 Å². The van der Waals surface area contributed by atoms with Crippen LogP contribution in [0.5, 0.6) is 0 Å². The van der Waals surface area contributed by atoms with Crippen molar-refractivity contribution in [3.8, 4) is 0 Å². The van der Waals surface area contributed by atoms with Crippen LogP contribution < -0.4 is 0 Å². The van der Waals surface area contributed by atoms with Gasteiger partial charge < -0.3 is 0 Å². The van der Waals surface area contributed by atoms with E-state index in [9.17, 15) is 0 Å². The van der Waals surface area contributed by atoms with Crippen LogP contribution in [0.2, 0.25) is 0 Å². The van der Waals surface area contributed by atoms with Gasteiger partial charge in [-0.05, 0) is 39.5 Å². The SMILES string of the molecule is CC(Cl)CC(CC(C)Cl)C(C)Cl.O=[P+](O)O. The Kier molecular flexibility index (Phi) is 13.2. The van der Waals surface area contributed by atoms with Crippen molar-refractivity contribution in [1.82, 2.24) is 0 Å². The third-order valence-corrected chi connectivity index (χ3v) is 2.62.